The number of aromatic nitrogens is 2. The smallest absolute Gasteiger partial charge is 0.420 e. The SMILES string of the molecule is O=[N+]([O-])c1ccc(Oc2ccc(Cl)nn2)c(C(F)(F)F)c1. The molecule has 0 fully saturated rings. The molecule has 0 saturated heterocycles. The Morgan fingerprint density at radius 2 is 1.90 bits per heavy atom. The first kappa shape index (κ1) is 15.0. The number of halogens is 4. The Labute approximate surface area is 120 Å². The van der Waals surface area contributed by atoms with Gasteiger partial charge in [0.25, 0.3) is 5.69 Å². The lowest BCUT2D eigenvalue weighted by molar-refractivity contribution is -0.385. The minimum atomic E-state index is -4.82. The summed E-state index contributed by atoms with van der Waals surface area (Å²) in [6, 6.07) is 4.63. The molecule has 1 aromatic heterocycles. The number of alkyl halides is 3. The van der Waals surface area contributed by atoms with E-state index in [0.29, 0.717) is 6.07 Å². The predicted molar refractivity (Wildman–Crippen MR) is 65.2 cm³/mol. The van der Waals surface area contributed by atoms with Gasteiger partial charge in [-0.1, -0.05) is 11.6 Å². The Bertz CT molecular complexity index is 677. The third-order valence-electron chi connectivity index (χ3n) is 2.30. The van der Waals surface area contributed by atoms with E-state index in [9.17, 15) is 23.3 Å². The van der Waals surface area contributed by atoms with Crippen LogP contribution in [0.5, 0.6) is 11.6 Å². The molecule has 0 atom stereocenters. The lowest BCUT2D eigenvalue weighted by Gasteiger charge is -2.12. The van der Waals surface area contributed by atoms with Crippen molar-refractivity contribution in [2.24, 2.45) is 0 Å². The maximum atomic E-state index is 12.9. The molecule has 110 valence electrons. The highest BCUT2D eigenvalue weighted by Gasteiger charge is 2.36. The number of nitrogens with zero attached hydrogens (tertiary/aromatic N) is 3. The third-order valence-corrected chi connectivity index (χ3v) is 2.50. The van der Waals surface area contributed by atoms with E-state index < -0.39 is 28.1 Å². The first-order chi connectivity index (χ1) is 9.77. The van der Waals surface area contributed by atoms with Crippen LogP contribution in [0.25, 0.3) is 0 Å². The first-order valence-corrected chi connectivity index (χ1v) is 5.68. The Balaban J connectivity index is 2.43. The molecule has 1 heterocycles. The van der Waals surface area contributed by atoms with Crippen LogP contribution < -0.4 is 4.74 Å². The highest BCUT2D eigenvalue weighted by atomic mass is 35.5. The van der Waals surface area contributed by atoms with E-state index in [1.165, 1.54) is 12.1 Å². The Kier molecular flexibility index (Phi) is 3.94. The Hall–Kier alpha value is -2.42. The van der Waals surface area contributed by atoms with E-state index in [1.807, 2.05) is 0 Å². The van der Waals surface area contributed by atoms with Gasteiger partial charge in [0, 0.05) is 18.2 Å². The van der Waals surface area contributed by atoms with Crippen LogP contribution in [0.1, 0.15) is 5.56 Å². The van der Waals surface area contributed by atoms with Gasteiger partial charge in [-0.3, -0.25) is 10.1 Å². The van der Waals surface area contributed by atoms with Crippen molar-refractivity contribution in [1.29, 1.82) is 0 Å². The number of benzene rings is 1. The van der Waals surface area contributed by atoms with Gasteiger partial charge < -0.3 is 4.74 Å². The van der Waals surface area contributed by atoms with Crippen molar-refractivity contribution in [3.8, 4) is 11.6 Å². The number of hydrogen-bond acceptors (Lipinski definition) is 5. The minimum Gasteiger partial charge on any atom is -0.437 e. The molecule has 0 amide bonds. The summed E-state index contributed by atoms with van der Waals surface area (Å²) < 4.78 is 43.6. The third kappa shape index (κ3) is 3.57. The maximum absolute atomic E-state index is 12.9. The number of non-ortho nitro benzene ring substituents is 1. The van der Waals surface area contributed by atoms with Crippen LogP contribution in [0, 0.1) is 10.1 Å². The molecule has 10 heteroatoms. The van der Waals surface area contributed by atoms with Crippen LogP contribution in [0.2, 0.25) is 5.15 Å². The van der Waals surface area contributed by atoms with Gasteiger partial charge in [-0.15, -0.1) is 10.2 Å². The van der Waals surface area contributed by atoms with Gasteiger partial charge in [-0.2, -0.15) is 13.2 Å². The van der Waals surface area contributed by atoms with Crippen molar-refractivity contribution in [3.05, 3.63) is 51.2 Å². The van der Waals surface area contributed by atoms with Crippen LogP contribution in [-0.4, -0.2) is 15.1 Å². The summed E-state index contributed by atoms with van der Waals surface area (Å²) in [5, 5.41) is 17.5. The summed E-state index contributed by atoms with van der Waals surface area (Å²) in [6.45, 7) is 0. The van der Waals surface area contributed by atoms with E-state index >= 15 is 0 Å². The van der Waals surface area contributed by atoms with Crippen molar-refractivity contribution in [2.75, 3.05) is 0 Å². The number of nitro benzene ring substituents is 1. The van der Waals surface area contributed by atoms with Crippen molar-refractivity contribution in [1.82, 2.24) is 10.2 Å². The molecule has 0 spiro atoms. The highest BCUT2D eigenvalue weighted by molar-refractivity contribution is 6.29. The molecule has 6 nitrogen and oxygen atoms in total. The van der Waals surface area contributed by atoms with Crippen molar-refractivity contribution in [2.45, 2.75) is 6.18 Å². The van der Waals surface area contributed by atoms with Crippen LogP contribution in [0.15, 0.2) is 30.3 Å². The van der Waals surface area contributed by atoms with Gasteiger partial charge in [0.2, 0.25) is 5.88 Å². The molecule has 0 N–H and O–H groups in total. The maximum Gasteiger partial charge on any atom is 0.420 e. The van der Waals surface area contributed by atoms with E-state index in [-0.39, 0.29) is 11.0 Å². The number of hydrogen-bond donors (Lipinski definition) is 0. The number of rotatable bonds is 3. The van der Waals surface area contributed by atoms with Crippen LogP contribution in [-0.2, 0) is 6.18 Å². The molecule has 0 bridgehead atoms. The second-order valence-electron chi connectivity index (χ2n) is 3.73. The normalized spacial score (nSPS) is 11.2. The summed E-state index contributed by atoms with van der Waals surface area (Å²) in [5.74, 6) is -0.844. The van der Waals surface area contributed by atoms with Crippen molar-refractivity contribution in [3.63, 3.8) is 0 Å². The fourth-order valence-electron chi connectivity index (χ4n) is 1.41. The van der Waals surface area contributed by atoms with Gasteiger partial charge in [0.15, 0.2) is 5.15 Å². The lowest BCUT2D eigenvalue weighted by Crippen LogP contribution is -2.08. The van der Waals surface area contributed by atoms with Crippen LogP contribution in [0.3, 0.4) is 0 Å². The van der Waals surface area contributed by atoms with Gasteiger partial charge >= 0.3 is 6.18 Å². The van der Waals surface area contributed by atoms with Crippen LogP contribution >= 0.6 is 11.6 Å². The molecule has 1 aromatic carbocycles. The summed E-state index contributed by atoms with van der Waals surface area (Å²) in [4.78, 5) is 9.62. The molecule has 21 heavy (non-hydrogen) atoms. The van der Waals surface area contributed by atoms with Gasteiger partial charge in [-0.25, -0.2) is 0 Å². The average molecular weight is 320 g/mol. The molecule has 0 aliphatic heterocycles. The number of nitro groups is 1. The Morgan fingerprint density at radius 3 is 2.43 bits per heavy atom. The van der Waals surface area contributed by atoms with E-state index in [0.717, 1.165) is 12.1 Å². The fraction of sp³-hybridized carbons (Fsp3) is 0.0909. The Morgan fingerprint density at radius 1 is 1.19 bits per heavy atom. The predicted octanol–water partition coefficient (Wildman–Crippen LogP) is 3.85. The molecular weight excluding hydrogens is 315 g/mol. The van der Waals surface area contributed by atoms with Gasteiger partial charge in [0.05, 0.1) is 4.92 Å². The van der Waals surface area contributed by atoms with Gasteiger partial charge in [-0.05, 0) is 12.1 Å². The molecular formula is C11H5ClF3N3O3. The second kappa shape index (κ2) is 5.52. The molecule has 2 aromatic rings. The molecule has 2 rings (SSSR count). The monoisotopic (exact) mass is 319 g/mol. The molecule has 0 aliphatic rings. The molecule has 0 radical (unpaired) electrons. The topological polar surface area (TPSA) is 78.2 Å². The molecule has 0 unspecified atom stereocenters. The second-order valence-corrected chi connectivity index (χ2v) is 4.12. The van der Waals surface area contributed by atoms with Crippen molar-refractivity contribution < 1.29 is 22.8 Å². The fourth-order valence-corrected chi connectivity index (χ4v) is 1.51. The zero-order valence-corrected chi connectivity index (χ0v) is 10.7. The van der Waals surface area contributed by atoms with Crippen molar-refractivity contribution >= 4 is 17.3 Å². The average Bonchev–Trinajstić information content (AvgIpc) is 2.40. The quantitative estimate of drug-likeness (QED) is 0.634. The van der Waals surface area contributed by atoms with Gasteiger partial charge in [0.1, 0.15) is 11.3 Å². The summed E-state index contributed by atoms with van der Waals surface area (Å²) in [7, 11) is 0. The first-order valence-electron chi connectivity index (χ1n) is 5.30. The van der Waals surface area contributed by atoms with E-state index in [4.69, 9.17) is 16.3 Å². The summed E-state index contributed by atoms with van der Waals surface area (Å²) in [6.07, 6.45) is -4.82. The molecule has 0 saturated carbocycles. The molecule has 0 aliphatic carbocycles. The standard InChI is InChI=1S/C11H5ClF3N3O3/c12-9-3-4-10(17-16-9)21-8-2-1-6(18(19)20)5-7(8)11(13,14)15/h1-5H. The lowest BCUT2D eigenvalue weighted by atomic mass is 10.1. The number of ether oxygens (including phenoxy) is 1. The highest BCUT2D eigenvalue weighted by Crippen LogP contribution is 2.39. The van der Waals surface area contributed by atoms with Crippen LogP contribution in [0.4, 0.5) is 18.9 Å². The summed E-state index contributed by atoms with van der Waals surface area (Å²) >= 11 is 5.49. The largest absolute Gasteiger partial charge is 0.437 e. The van der Waals surface area contributed by atoms with E-state index in [2.05, 4.69) is 10.2 Å². The van der Waals surface area contributed by atoms with E-state index in [1.54, 1.807) is 0 Å². The zero-order chi connectivity index (χ0) is 15.6. The minimum absolute atomic E-state index is 0.0436. The zero-order valence-electron chi connectivity index (χ0n) is 9.96. The summed E-state index contributed by atoms with van der Waals surface area (Å²) in [5.41, 5.74) is -1.98.